The van der Waals surface area contributed by atoms with Crippen molar-refractivity contribution < 1.29 is 4.79 Å². The standard InChI is InChI=1S/C18H14O/c19-13-15-8-4-5-11-17(15)18-12-6-9-14-7-2-1-3-10-16(14)18/h1-12,17-18H. The molecule has 0 fully saturated rings. The van der Waals surface area contributed by atoms with E-state index in [1.54, 1.807) is 0 Å². The van der Waals surface area contributed by atoms with Gasteiger partial charge in [-0.3, -0.25) is 0 Å². The molecule has 3 aliphatic rings. The van der Waals surface area contributed by atoms with Crippen molar-refractivity contribution in [1.29, 1.82) is 0 Å². The summed E-state index contributed by atoms with van der Waals surface area (Å²) in [6, 6.07) is 0. The van der Waals surface area contributed by atoms with Gasteiger partial charge >= 0.3 is 0 Å². The first-order chi connectivity index (χ1) is 9.40. The third kappa shape index (κ3) is 2.16. The van der Waals surface area contributed by atoms with Crippen molar-refractivity contribution in [1.82, 2.24) is 0 Å². The molecule has 2 unspecified atom stereocenters. The maximum absolute atomic E-state index is 11.1. The molecule has 0 bridgehead atoms. The van der Waals surface area contributed by atoms with Gasteiger partial charge in [0.2, 0.25) is 0 Å². The Balaban J connectivity index is 2.02. The molecule has 1 heteroatoms. The highest BCUT2D eigenvalue weighted by atomic mass is 16.1. The average Bonchev–Trinajstić information content (AvgIpc) is 2.72. The van der Waals surface area contributed by atoms with E-state index in [-0.39, 0.29) is 11.8 Å². The van der Waals surface area contributed by atoms with E-state index in [1.165, 1.54) is 11.1 Å². The highest BCUT2D eigenvalue weighted by Crippen LogP contribution is 2.37. The molecule has 92 valence electrons. The molecule has 19 heavy (non-hydrogen) atoms. The lowest BCUT2D eigenvalue weighted by atomic mass is 9.75. The Morgan fingerprint density at radius 1 is 0.789 bits per heavy atom. The minimum absolute atomic E-state index is 0.0774. The summed E-state index contributed by atoms with van der Waals surface area (Å²) < 4.78 is 0. The number of rotatable bonds is 1. The van der Waals surface area contributed by atoms with E-state index in [0.29, 0.717) is 0 Å². The van der Waals surface area contributed by atoms with Crippen molar-refractivity contribution in [3.8, 4) is 0 Å². The van der Waals surface area contributed by atoms with Crippen LogP contribution in [0.2, 0.25) is 0 Å². The Morgan fingerprint density at radius 3 is 2.53 bits per heavy atom. The average molecular weight is 246 g/mol. The molecule has 2 atom stereocenters. The van der Waals surface area contributed by atoms with E-state index in [0.717, 1.165) is 5.57 Å². The third-order valence-electron chi connectivity index (χ3n) is 3.63. The van der Waals surface area contributed by atoms with Crippen LogP contribution < -0.4 is 0 Å². The number of allylic oxidation sites excluding steroid dienone is 15. The second kappa shape index (κ2) is 5.09. The molecule has 1 nitrogen and oxygen atoms in total. The quantitative estimate of drug-likeness (QED) is 0.645. The van der Waals surface area contributed by atoms with Crippen LogP contribution in [0.5, 0.6) is 0 Å². The van der Waals surface area contributed by atoms with Crippen LogP contribution in [-0.4, -0.2) is 5.94 Å². The molecule has 0 amide bonds. The zero-order chi connectivity index (χ0) is 13.1. The lowest BCUT2D eigenvalue weighted by molar-refractivity contribution is 0.558. The Labute approximate surface area is 113 Å². The predicted octanol–water partition coefficient (Wildman–Crippen LogP) is 3.65. The molecule has 0 aromatic rings. The van der Waals surface area contributed by atoms with Crippen molar-refractivity contribution in [2.75, 3.05) is 0 Å². The van der Waals surface area contributed by atoms with E-state index >= 15 is 0 Å². The number of carbonyl (C=O) groups excluding carboxylic acids is 1. The fourth-order valence-corrected chi connectivity index (χ4v) is 2.70. The smallest absolute Gasteiger partial charge is 0.128 e. The molecule has 0 aromatic heterocycles. The Morgan fingerprint density at radius 2 is 1.63 bits per heavy atom. The van der Waals surface area contributed by atoms with Crippen LogP contribution in [0, 0.1) is 11.8 Å². The van der Waals surface area contributed by atoms with Crippen LogP contribution in [0.25, 0.3) is 0 Å². The molecular weight excluding hydrogens is 232 g/mol. The largest absolute Gasteiger partial charge is 0.233 e. The third-order valence-corrected chi connectivity index (χ3v) is 3.63. The Bertz CT molecular complexity index is 641. The SMILES string of the molecule is O=C=C1C=CC=CC1C1C=CC=C2C=CC=CC=C21. The molecule has 0 aromatic carbocycles. The van der Waals surface area contributed by atoms with Gasteiger partial charge in [-0.15, -0.1) is 0 Å². The summed E-state index contributed by atoms with van der Waals surface area (Å²) in [6.45, 7) is 0. The maximum atomic E-state index is 11.1. The van der Waals surface area contributed by atoms with Crippen LogP contribution in [0.3, 0.4) is 0 Å². The Kier molecular flexibility index (Phi) is 3.14. The molecule has 0 spiro atoms. The second-order valence-electron chi connectivity index (χ2n) is 4.73. The van der Waals surface area contributed by atoms with Crippen LogP contribution in [0.1, 0.15) is 0 Å². The van der Waals surface area contributed by atoms with Gasteiger partial charge in [0.05, 0.1) is 0 Å². The summed E-state index contributed by atoms with van der Waals surface area (Å²) in [6.07, 6.45) is 24.5. The van der Waals surface area contributed by atoms with Crippen molar-refractivity contribution in [2.45, 2.75) is 0 Å². The van der Waals surface area contributed by atoms with Gasteiger partial charge in [0, 0.05) is 17.4 Å². The molecule has 0 heterocycles. The second-order valence-corrected chi connectivity index (χ2v) is 4.73. The van der Waals surface area contributed by atoms with Gasteiger partial charge < -0.3 is 0 Å². The maximum Gasteiger partial charge on any atom is 0.128 e. The molecule has 3 rings (SSSR count). The first-order valence-corrected chi connectivity index (χ1v) is 6.44. The normalized spacial score (nSPS) is 27.5. The molecule has 3 aliphatic carbocycles. The predicted molar refractivity (Wildman–Crippen MR) is 78.1 cm³/mol. The van der Waals surface area contributed by atoms with Gasteiger partial charge in [-0.2, -0.15) is 0 Å². The van der Waals surface area contributed by atoms with E-state index in [9.17, 15) is 4.79 Å². The highest BCUT2D eigenvalue weighted by molar-refractivity contribution is 5.63. The van der Waals surface area contributed by atoms with Gasteiger partial charge in [0.1, 0.15) is 5.94 Å². The highest BCUT2D eigenvalue weighted by Gasteiger charge is 2.27. The van der Waals surface area contributed by atoms with Gasteiger partial charge in [-0.1, -0.05) is 66.8 Å². The first kappa shape index (κ1) is 11.7. The summed E-state index contributed by atoms with van der Waals surface area (Å²) in [5.74, 6) is 2.35. The van der Waals surface area contributed by atoms with E-state index < -0.39 is 0 Å². The molecule has 0 N–H and O–H groups in total. The number of hydrogen-bond donors (Lipinski definition) is 0. The van der Waals surface area contributed by atoms with E-state index in [1.807, 2.05) is 36.5 Å². The van der Waals surface area contributed by atoms with Crippen LogP contribution in [0.15, 0.2) is 89.6 Å². The minimum atomic E-state index is 0.0774. The zero-order valence-electron chi connectivity index (χ0n) is 10.5. The van der Waals surface area contributed by atoms with Crippen LogP contribution >= 0.6 is 0 Å². The van der Waals surface area contributed by atoms with Gasteiger partial charge in [0.15, 0.2) is 0 Å². The topological polar surface area (TPSA) is 17.1 Å². The molecule has 0 saturated heterocycles. The summed E-state index contributed by atoms with van der Waals surface area (Å²) in [5, 5.41) is 0. The summed E-state index contributed by atoms with van der Waals surface area (Å²) in [5.41, 5.74) is 3.19. The van der Waals surface area contributed by atoms with Gasteiger partial charge in [0.25, 0.3) is 0 Å². The van der Waals surface area contributed by atoms with Crippen molar-refractivity contribution in [3.63, 3.8) is 0 Å². The van der Waals surface area contributed by atoms with Gasteiger partial charge in [-0.25, -0.2) is 4.79 Å². The van der Waals surface area contributed by atoms with Crippen LogP contribution in [-0.2, 0) is 4.79 Å². The fourth-order valence-electron chi connectivity index (χ4n) is 2.70. The molecule has 0 aliphatic heterocycles. The number of fused-ring (bicyclic) bond motifs is 1. The summed E-state index contributed by atoms with van der Waals surface area (Å²) in [7, 11) is 0. The lowest BCUT2D eigenvalue weighted by Crippen LogP contribution is -2.19. The molecule has 0 radical (unpaired) electrons. The Hall–Kier alpha value is -2.37. The summed E-state index contributed by atoms with van der Waals surface area (Å²) >= 11 is 0. The zero-order valence-corrected chi connectivity index (χ0v) is 10.5. The van der Waals surface area contributed by atoms with E-state index in [2.05, 4.69) is 42.4 Å². The monoisotopic (exact) mass is 246 g/mol. The number of hydrogen-bond acceptors (Lipinski definition) is 1. The van der Waals surface area contributed by atoms with Crippen molar-refractivity contribution in [2.24, 2.45) is 11.8 Å². The van der Waals surface area contributed by atoms with Crippen molar-refractivity contribution in [3.05, 3.63) is 89.6 Å². The molecular formula is C18H14O. The van der Waals surface area contributed by atoms with Gasteiger partial charge in [-0.05, 0) is 17.2 Å². The first-order valence-electron chi connectivity index (χ1n) is 6.44. The molecule has 0 saturated carbocycles. The lowest BCUT2D eigenvalue weighted by Gasteiger charge is -2.28. The van der Waals surface area contributed by atoms with E-state index in [4.69, 9.17) is 0 Å². The minimum Gasteiger partial charge on any atom is -0.233 e. The fraction of sp³-hybridized carbons (Fsp3) is 0.111. The van der Waals surface area contributed by atoms with Crippen molar-refractivity contribution >= 4 is 5.94 Å². The van der Waals surface area contributed by atoms with Crippen LogP contribution in [0.4, 0.5) is 0 Å². The summed E-state index contributed by atoms with van der Waals surface area (Å²) in [4.78, 5) is 11.1.